The monoisotopic (exact) mass is 478 g/mol. The Hall–Kier alpha value is -2.72. The van der Waals surface area contributed by atoms with Crippen LogP contribution in [0.15, 0.2) is 52.3 Å². The lowest BCUT2D eigenvalue weighted by molar-refractivity contribution is -0.124. The summed E-state index contributed by atoms with van der Waals surface area (Å²) in [4.78, 5) is 25.7. The third-order valence-corrected chi connectivity index (χ3v) is 9.58. The Morgan fingerprint density at radius 1 is 0.875 bits per heavy atom. The van der Waals surface area contributed by atoms with Crippen LogP contribution in [0.3, 0.4) is 0 Å². The summed E-state index contributed by atoms with van der Waals surface area (Å²) in [6.45, 7) is 3.48. The van der Waals surface area contributed by atoms with E-state index in [4.69, 9.17) is 0 Å². The fourth-order valence-electron chi connectivity index (χ4n) is 3.92. The van der Waals surface area contributed by atoms with Gasteiger partial charge in [-0.1, -0.05) is 25.0 Å². The summed E-state index contributed by atoms with van der Waals surface area (Å²) in [5, 5.41) is 0. The van der Waals surface area contributed by atoms with E-state index in [2.05, 4.69) is 10.9 Å². The number of hydrogen-bond acceptors (Lipinski definition) is 6. The van der Waals surface area contributed by atoms with Crippen LogP contribution in [0.4, 0.5) is 0 Å². The Morgan fingerprint density at radius 3 is 2.03 bits per heavy atom. The first-order valence-electron chi connectivity index (χ1n) is 10.1. The van der Waals surface area contributed by atoms with Gasteiger partial charge in [-0.15, -0.1) is 0 Å². The van der Waals surface area contributed by atoms with Crippen LogP contribution in [-0.4, -0.2) is 39.7 Å². The van der Waals surface area contributed by atoms with E-state index in [0.29, 0.717) is 18.4 Å². The fraction of sp³-hybridized carbons (Fsp3) is 0.364. The fourth-order valence-corrected chi connectivity index (χ4v) is 6.93. The summed E-state index contributed by atoms with van der Waals surface area (Å²) in [6, 6.07) is 10.3. The van der Waals surface area contributed by atoms with Crippen molar-refractivity contribution in [1.29, 1.82) is 0 Å². The molecule has 0 bridgehead atoms. The van der Waals surface area contributed by atoms with E-state index in [1.54, 1.807) is 26.0 Å². The van der Waals surface area contributed by atoms with Gasteiger partial charge in [-0.05, 0) is 68.1 Å². The van der Waals surface area contributed by atoms with E-state index in [1.807, 2.05) is 6.07 Å². The van der Waals surface area contributed by atoms with E-state index < -0.39 is 36.2 Å². The van der Waals surface area contributed by atoms with Crippen LogP contribution in [0, 0.1) is 13.8 Å². The molecule has 10 heteroatoms. The maximum Gasteiger partial charge on any atom is 0.269 e. The molecule has 1 fully saturated rings. The molecular formula is C22H26N2O6S2. The molecule has 0 aliphatic heterocycles. The smallest absolute Gasteiger partial charge is 0.269 e. The number of rotatable bonds is 5. The van der Waals surface area contributed by atoms with Crippen LogP contribution in [0.5, 0.6) is 0 Å². The molecule has 2 aromatic carbocycles. The van der Waals surface area contributed by atoms with Gasteiger partial charge >= 0.3 is 0 Å². The van der Waals surface area contributed by atoms with Crippen molar-refractivity contribution in [2.45, 2.75) is 54.1 Å². The lowest BCUT2D eigenvalue weighted by atomic mass is 10.1. The number of sulfone groups is 2. The molecule has 0 aromatic heterocycles. The van der Waals surface area contributed by atoms with Crippen molar-refractivity contribution in [3.8, 4) is 0 Å². The summed E-state index contributed by atoms with van der Waals surface area (Å²) in [7, 11) is -7.43. The molecule has 0 saturated heterocycles. The standard InChI is InChI=1S/C22H26N2O6S2/c1-15-6-7-16(2)19(14-15)32(29,30)22(12-4-5-13-22)21(26)24-23-20(25)17-8-10-18(11-9-17)31(3,27)28/h6-11,14H,4-5,12-13H2,1-3H3,(H,23,25)(H,24,26). The van der Waals surface area contributed by atoms with Gasteiger partial charge < -0.3 is 0 Å². The first-order chi connectivity index (χ1) is 14.9. The second-order valence-corrected chi connectivity index (χ2v) is 12.4. The Labute approximate surface area is 188 Å². The number of aryl methyl sites for hydroxylation is 2. The van der Waals surface area contributed by atoms with Crippen molar-refractivity contribution >= 4 is 31.5 Å². The maximum atomic E-state index is 13.6. The molecule has 3 rings (SSSR count). The lowest BCUT2D eigenvalue weighted by Gasteiger charge is -2.28. The van der Waals surface area contributed by atoms with Crippen LogP contribution in [0.1, 0.15) is 47.2 Å². The van der Waals surface area contributed by atoms with Crippen LogP contribution in [0.2, 0.25) is 0 Å². The SMILES string of the molecule is Cc1ccc(C)c(S(=O)(=O)C2(C(=O)NNC(=O)c3ccc(S(C)(=O)=O)cc3)CCCC2)c1. The highest BCUT2D eigenvalue weighted by Gasteiger charge is 2.53. The number of carbonyl (C=O) groups excluding carboxylic acids is 2. The van der Waals surface area contributed by atoms with Gasteiger partial charge in [0.1, 0.15) is 0 Å². The van der Waals surface area contributed by atoms with Gasteiger partial charge in [0.15, 0.2) is 24.4 Å². The van der Waals surface area contributed by atoms with Crippen molar-refractivity contribution in [2.24, 2.45) is 0 Å². The molecule has 2 N–H and O–H groups in total. The van der Waals surface area contributed by atoms with E-state index in [0.717, 1.165) is 11.8 Å². The van der Waals surface area contributed by atoms with Crippen molar-refractivity contribution < 1.29 is 26.4 Å². The first kappa shape index (κ1) is 23.9. The van der Waals surface area contributed by atoms with Gasteiger partial charge in [-0.25, -0.2) is 16.8 Å². The quantitative estimate of drug-likeness (QED) is 0.635. The number of benzene rings is 2. The largest absolute Gasteiger partial charge is 0.271 e. The Kier molecular flexibility index (Phi) is 6.48. The molecule has 172 valence electrons. The van der Waals surface area contributed by atoms with Crippen LogP contribution >= 0.6 is 0 Å². The summed E-state index contributed by atoms with van der Waals surface area (Å²) >= 11 is 0. The molecule has 8 nitrogen and oxygen atoms in total. The second-order valence-electron chi connectivity index (χ2n) is 8.18. The van der Waals surface area contributed by atoms with Gasteiger partial charge in [0.05, 0.1) is 9.79 Å². The molecule has 32 heavy (non-hydrogen) atoms. The number of amides is 2. The van der Waals surface area contributed by atoms with E-state index in [9.17, 15) is 26.4 Å². The van der Waals surface area contributed by atoms with Gasteiger partial charge in [-0.3, -0.25) is 20.4 Å². The van der Waals surface area contributed by atoms with Crippen LogP contribution < -0.4 is 10.9 Å². The minimum Gasteiger partial charge on any atom is -0.271 e. The number of nitrogens with one attached hydrogen (secondary N) is 2. The zero-order chi connectivity index (χ0) is 23.7. The number of carbonyl (C=O) groups is 2. The van der Waals surface area contributed by atoms with Crippen LogP contribution in [-0.2, 0) is 24.5 Å². The van der Waals surface area contributed by atoms with Gasteiger partial charge in [0.25, 0.3) is 11.8 Å². The molecule has 1 aliphatic carbocycles. The van der Waals surface area contributed by atoms with Gasteiger partial charge in [0.2, 0.25) is 0 Å². The molecule has 0 atom stereocenters. The zero-order valence-corrected chi connectivity index (χ0v) is 19.8. The van der Waals surface area contributed by atoms with Crippen LogP contribution in [0.25, 0.3) is 0 Å². The summed E-state index contributed by atoms with van der Waals surface area (Å²) in [5.41, 5.74) is 5.99. The first-order valence-corrected chi connectivity index (χ1v) is 13.5. The Bertz CT molecular complexity index is 1260. The second kappa shape index (κ2) is 8.67. The van der Waals surface area contributed by atoms with E-state index in [1.165, 1.54) is 24.3 Å². The highest BCUT2D eigenvalue weighted by atomic mass is 32.2. The normalized spacial score (nSPS) is 15.8. The summed E-state index contributed by atoms with van der Waals surface area (Å²) in [5.74, 6) is -1.47. The van der Waals surface area contributed by atoms with Crippen molar-refractivity contribution in [1.82, 2.24) is 10.9 Å². The molecule has 1 saturated carbocycles. The molecular weight excluding hydrogens is 452 g/mol. The van der Waals surface area contributed by atoms with E-state index >= 15 is 0 Å². The predicted octanol–water partition coefficient (Wildman–Crippen LogP) is 2.25. The van der Waals surface area contributed by atoms with Gasteiger partial charge in [0, 0.05) is 11.8 Å². The van der Waals surface area contributed by atoms with Crippen molar-refractivity contribution in [3.05, 3.63) is 59.2 Å². The number of hydrazine groups is 1. The molecule has 0 heterocycles. The third-order valence-electron chi connectivity index (χ3n) is 5.81. The molecule has 2 amide bonds. The lowest BCUT2D eigenvalue weighted by Crippen LogP contribution is -2.55. The maximum absolute atomic E-state index is 13.6. The Balaban J connectivity index is 1.83. The van der Waals surface area contributed by atoms with Crippen molar-refractivity contribution in [3.63, 3.8) is 0 Å². The minimum absolute atomic E-state index is 0.0580. The number of hydrogen-bond donors (Lipinski definition) is 2. The zero-order valence-electron chi connectivity index (χ0n) is 18.1. The highest BCUT2D eigenvalue weighted by Crippen LogP contribution is 2.41. The molecule has 1 aliphatic rings. The molecule has 0 radical (unpaired) electrons. The topological polar surface area (TPSA) is 126 Å². The summed E-state index contributed by atoms with van der Waals surface area (Å²) in [6.07, 6.45) is 2.54. The van der Waals surface area contributed by atoms with E-state index in [-0.39, 0.29) is 28.2 Å². The van der Waals surface area contributed by atoms with Crippen molar-refractivity contribution in [2.75, 3.05) is 6.26 Å². The highest BCUT2D eigenvalue weighted by molar-refractivity contribution is 7.93. The molecule has 2 aromatic rings. The minimum atomic E-state index is -4.02. The van der Waals surface area contributed by atoms with Gasteiger partial charge in [-0.2, -0.15) is 0 Å². The predicted molar refractivity (Wildman–Crippen MR) is 119 cm³/mol. The third kappa shape index (κ3) is 4.42. The molecule has 0 spiro atoms. The molecule has 0 unspecified atom stereocenters. The average molecular weight is 479 g/mol. The Morgan fingerprint density at radius 2 is 1.47 bits per heavy atom. The summed E-state index contributed by atoms with van der Waals surface area (Å²) < 4.78 is 48.6. The average Bonchev–Trinajstić information content (AvgIpc) is 3.25.